The maximum Gasteiger partial charge on any atom is 0.243 e. The van der Waals surface area contributed by atoms with Crippen LogP contribution in [-0.4, -0.2) is 42.4 Å². The fourth-order valence-corrected chi connectivity index (χ4v) is 4.55. The molecule has 0 bridgehead atoms. The van der Waals surface area contributed by atoms with Crippen LogP contribution in [-0.2, 0) is 21.4 Å². The average Bonchev–Trinajstić information content (AvgIpc) is 3.37. The molecule has 4 rings (SSSR count). The maximum atomic E-state index is 12.9. The first-order valence-electron chi connectivity index (χ1n) is 9.61. The summed E-state index contributed by atoms with van der Waals surface area (Å²) >= 11 is 0. The molecule has 0 saturated carbocycles. The normalized spacial score (nSPS) is 14.6. The highest BCUT2D eigenvalue weighted by atomic mass is 32.2. The van der Waals surface area contributed by atoms with E-state index in [9.17, 15) is 13.2 Å². The van der Waals surface area contributed by atoms with Crippen molar-refractivity contribution in [3.63, 3.8) is 0 Å². The molecule has 30 heavy (non-hydrogen) atoms. The van der Waals surface area contributed by atoms with Crippen LogP contribution in [0, 0.1) is 6.92 Å². The van der Waals surface area contributed by atoms with Crippen molar-refractivity contribution in [2.24, 2.45) is 0 Å². The van der Waals surface area contributed by atoms with Crippen molar-refractivity contribution in [2.45, 2.75) is 31.2 Å². The third-order valence-corrected chi connectivity index (χ3v) is 6.96. The second-order valence-electron chi connectivity index (χ2n) is 7.23. The summed E-state index contributed by atoms with van der Waals surface area (Å²) in [5.41, 5.74) is 2.55. The van der Waals surface area contributed by atoms with Crippen molar-refractivity contribution >= 4 is 21.6 Å². The molecule has 0 aliphatic carbocycles. The van der Waals surface area contributed by atoms with Crippen molar-refractivity contribution < 1.29 is 17.7 Å². The number of anilines is 1. The lowest BCUT2D eigenvalue weighted by molar-refractivity contribution is -0.117. The van der Waals surface area contributed by atoms with Crippen LogP contribution in [0.25, 0.3) is 11.4 Å². The third-order valence-electron chi connectivity index (χ3n) is 5.14. The SMILES string of the molecule is Cc1ccccc1-c1noc(CN(C)S(=O)(=O)c2ccc(N3CCCC3=O)cc2)n1. The Bertz CT molecular complexity index is 1170. The van der Waals surface area contributed by atoms with Crippen LogP contribution in [0.15, 0.2) is 57.9 Å². The molecule has 1 fully saturated rings. The Hall–Kier alpha value is -3.04. The summed E-state index contributed by atoms with van der Waals surface area (Å²) in [6.07, 6.45) is 1.34. The molecule has 1 aliphatic heterocycles. The van der Waals surface area contributed by atoms with E-state index < -0.39 is 10.0 Å². The van der Waals surface area contributed by atoms with Crippen LogP contribution in [0.1, 0.15) is 24.3 Å². The van der Waals surface area contributed by atoms with Crippen molar-refractivity contribution in [3.8, 4) is 11.4 Å². The first-order valence-corrected chi connectivity index (χ1v) is 11.1. The van der Waals surface area contributed by atoms with Crippen molar-refractivity contribution in [1.82, 2.24) is 14.4 Å². The number of amides is 1. The quantitative estimate of drug-likeness (QED) is 0.601. The number of carbonyl (C=O) groups excluding carboxylic acids is 1. The minimum absolute atomic E-state index is 0.0480. The van der Waals surface area contributed by atoms with E-state index in [4.69, 9.17) is 4.52 Å². The summed E-state index contributed by atoms with van der Waals surface area (Å²) in [6, 6.07) is 14.0. The predicted octanol–water partition coefficient (Wildman–Crippen LogP) is 2.99. The number of hydrogen-bond acceptors (Lipinski definition) is 6. The van der Waals surface area contributed by atoms with E-state index in [2.05, 4.69) is 10.1 Å². The monoisotopic (exact) mass is 426 g/mol. The number of aryl methyl sites for hydroxylation is 1. The number of carbonyl (C=O) groups is 1. The summed E-state index contributed by atoms with van der Waals surface area (Å²) in [4.78, 5) is 18.0. The second-order valence-corrected chi connectivity index (χ2v) is 9.28. The Kier molecular flexibility index (Phi) is 5.40. The van der Waals surface area contributed by atoms with Gasteiger partial charge >= 0.3 is 0 Å². The Morgan fingerprint density at radius 2 is 1.87 bits per heavy atom. The highest BCUT2D eigenvalue weighted by molar-refractivity contribution is 7.89. The first-order chi connectivity index (χ1) is 14.4. The van der Waals surface area contributed by atoms with Crippen LogP contribution in [0.2, 0.25) is 0 Å². The largest absolute Gasteiger partial charge is 0.338 e. The maximum absolute atomic E-state index is 12.9. The van der Waals surface area contributed by atoms with Gasteiger partial charge in [-0.15, -0.1) is 0 Å². The zero-order chi connectivity index (χ0) is 21.3. The Morgan fingerprint density at radius 3 is 2.53 bits per heavy atom. The van der Waals surface area contributed by atoms with Gasteiger partial charge in [0.25, 0.3) is 0 Å². The highest BCUT2D eigenvalue weighted by Gasteiger charge is 2.25. The molecule has 3 aromatic rings. The molecule has 0 spiro atoms. The summed E-state index contributed by atoms with van der Waals surface area (Å²) in [5.74, 6) is 0.690. The van der Waals surface area contributed by atoms with E-state index in [1.807, 2.05) is 31.2 Å². The van der Waals surface area contributed by atoms with E-state index >= 15 is 0 Å². The number of sulfonamides is 1. The molecular weight excluding hydrogens is 404 g/mol. The summed E-state index contributed by atoms with van der Waals surface area (Å²) < 4.78 is 32.3. The van der Waals surface area contributed by atoms with Crippen LogP contribution < -0.4 is 4.90 Å². The Labute approximate surface area is 175 Å². The topological polar surface area (TPSA) is 96.6 Å². The molecule has 1 aliphatic rings. The molecule has 0 unspecified atom stereocenters. The molecule has 0 radical (unpaired) electrons. The number of rotatable bonds is 6. The van der Waals surface area contributed by atoms with Crippen LogP contribution >= 0.6 is 0 Å². The molecule has 1 aromatic heterocycles. The smallest absolute Gasteiger partial charge is 0.243 e. The van der Waals surface area contributed by atoms with Crippen LogP contribution in [0.3, 0.4) is 0 Å². The summed E-state index contributed by atoms with van der Waals surface area (Å²) in [6.45, 7) is 2.56. The van der Waals surface area contributed by atoms with E-state index in [1.165, 1.54) is 19.2 Å². The minimum atomic E-state index is -3.75. The minimum Gasteiger partial charge on any atom is -0.338 e. The third kappa shape index (κ3) is 3.86. The number of aromatic nitrogens is 2. The fourth-order valence-electron chi connectivity index (χ4n) is 3.43. The van der Waals surface area contributed by atoms with Gasteiger partial charge in [0.05, 0.1) is 11.4 Å². The van der Waals surface area contributed by atoms with Crippen LogP contribution in [0.5, 0.6) is 0 Å². The first kappa shape index (κ1) is 20.2. The lowest BCUT2D eigenvalue weighted by Gasteiger charge is -2.18. The molecule has 0 N–H and O–H groups in total. The molecule has 1 saturated heterocycles. The van der Waals surface area contributed by atoms with Gasteiger partial charge in [0.15, 0.2) is 0 Å². The molecule has 0 atom stereocenters. The molecule has 9 heteroatoms. The lowest BCUT2D eigenvalue weighted by Crippen LogP contribution is -2.27. The van der Waals surface area contributed by atoms with Crippen molar-refractivity contribution in [2.75, 3.05) is 18.5 Å². The summed E-state index contributed by atoms with van der Waals surface area (Å²) in [5, 5.41) is 3.97. The van der Waals surface area contributed by atoms with Gasteiger partial charge in [-0.1, -0.05) is 29.4 Å². The second kappa shape index (κ2) is 8.00. The fraction of sp³-hybridized carbons (Fsp3) is 0.286. The van der Waals surface area contributed by atoms with Gasteiger partial charge in [-0.25, -0.2) is 8.42 Å². The standard InChI is InChI=1S/C21H22N4O4S/c1-15-6-3-4-7-18(15)21-22-19(29-23-21)14-24(2)30(27,28)17-11-9-16(10-12-17)25-13-5-8-20(25)26/h3-4,6-7,9-12H,5,8,13-14H2,1-2H3. The van der Waals surface area contributed by atoms with Gasteiger partial charge < -0.3 is 9.42 Å². The van der Waals surface area contributed by atoms with Crippen molar-refractivity contribution in [3.05, 3.63) is 60.0 Å². The van der Waals surface area contributed by atoms with Gasteiger partial charge in [0, 0.05) is 31.3 Å². The average molecular weight is 426 g/mol. The van der Waals surface area contributed by atoms with Gasteiger partial charge in [0.1, 0.15) is 0 Å². The zero-order valence-electron chi connectivity index (χ0n) is 16.8. The lowest BCUT2D eigenvalue weighted by atomic mass is 10.1. The van der Waals surface area contributed by atoms with E-state index in [-0.39, 0.29) is 23.2 Å². The Balaban J connectivity index is 1.50. The van der Waals surface area contributed by atoms with Gasteiger partial charge in [0.2, 0.25) is 27.6 Å². The van der Waals surface area contributed by atoms with Crippen molar-refractivity contribution in [1.29, 1.82) is 0 Å². The highest BCUT2D eigenvalue weighted by Crippen LogP contribution is 2.25. The molecular formula is C21H22N4O4S. The molecule has 2 aromatic carbocycles. The summed E-state index contributed by atoms with van der Waals surface area (Å²) in [7, 11) is -2.29. The number of hydrogen-bond donors (Lipinski definition) is 0. The Morgan fingerprint density at radius 1 is 1.13 bits per heavy atom. The van der Waals surface area contributed by atoms with Gasteiger partial charge in [-0.2, -0.15) is 9.29 Å². The molecule has 1 amide bonds. The van der Waals surface area contributed by atoms with E-state index in [1.54, 1.807) is 17.0 Å². The molecule has 8 nitrogen and oxygen atoms in total. The van der Waals surface area contributed by atoms with E-state index in [0.29, 0.717) is 24.5 Å². The van der Waals surface area contributed by atoms with E-state index in [0.717, 1.165) is 21.9 Å². The number of nitrogens with zero attached hydrogens (tertiary/aromatic N) is 4. The van der Waals surface area contributed by atoms with Gasteiger partial charge in [-0.3, -0.25) is 4.79 Å². The molecule has 156 valence electrons. The van der Waals surface area contributed by atoms with Gasteiger partial charge in [-0.05, 0) is 43.2 Å². The number of benzene rings is 2. The predicted molar refractivity (Wildman–Crippen MR) is 111 cm³/mol. The molecule has 2 heterocycles. The van der Waals surface area contributed by atoms with Crippen LogP contribution in [0.4, 0.5) is 5.69 Å². The zero-order valence-corrected chi connectivity index (χ0v) is 17.6.